The monoisotopic (exact) mass is 215 g/mol. The molecule has 1 N–H and O–H groups in total. The molecule has 1 aliphatic rings. The highest BCUT2D eigenvalue weighted by atomic mass is 15.8. The van der Waals surface area contributed by atoms with Gasteiger partial charge in [-0.05, 0) is 17.5 Å². The minimum absolute atomic E-state index is 0.870. The van der Waals surface area contributed by atoms with Crippen molar-refractivity contribution in [2.75, 3.05) is 7.05 Å². The second kappa shape index (κ2) is 4.86. The molecule has 1 heterocycles. The van der Waals surface area contributed by atoms with E-state index >= 15 is 0 Å². The predicted octanol–water partition coefficient (Wildman–Crippen LogP) is 2.05. The predicted molar refractivity (Wildman–Crippen MR) is 65.9 cm³/mol. The lowest BCUT2D eigenvalue weighted by atomic mass is 10.1. The van der Waals surface area contributed by atoms with Gasteiger partial charge in [0.2, 0.25) is 0 Å². The summed E-state index contributed by atoms with van der Waals surface area (Å²) < 4.78 is 0. The molecule has 1 aliphatic heterocycles. The highest BCUT2D eigenvalue weighted by Gasteiger charge is 2.07. The van der Waals surface area contributed by atoms with Gasteiger partial charge in [0.25, 0.3) is 0 Å². The van der Waals surface area contributed by atoms with E-state index in [0.29, 0.717) is 0 Å². The van der Waals surface area contributed by atoms with Crippen molar-refractivity contribution in [3.05, 3.63) is 60.4 Å². The van der Waals surface area contributed by atoms with Crippen LogP contribution in [0.5, 0.6) is 0 Å². The average molecular weight is 215 g/mol. The molecule has 0 spiro atoms. The lowest BCUT2D eigenvalue weighted by Crippen LogP contribution is -2.36. The zero-order valence-electron chi connectivity index (χ0n) is 9.56. The fraction of sp³-hybridized carbons (Fsp3) is 0.231. The molecule has 2 rings (SSSR count). The third-order valence-corrected chi connectivity index (χ3v) is 2.51. The fourth-order valence-electron chi connectivity index (χ4n) is 1.68. The number of rotatable bonds is 4. The fourth-order valence-corrected chi connectivity index (χ4v) is 1.68. The van der Waals surface area contributed by atoms with Crippen LogP contribution in [0, 0.1) is 0 Å². The maximum atomic E-state index is 3.74. The summed E-state index contributed by atoms with van der Waals surface area (Å²) in [6.45, 7) is 4.61. The van der Waals surface area contributed by atoms with E-state index in [1.807, 2.05) is 35.5 Å². The number of benzene rings is 1. The molecule has 0 aromatic heterocycles. The second-order valence-corrected chi connectivity index (χ2v) is 3.95. The van der Waals surface area contributed by atoms with Crippen LogP contribution in [0.3, 0.4) is 0 Å². The number of nitrogens with zero attached hydrogens (tertiary/aromatic N) is 2. The Morgan fingerprint density at radius 1 is 1.19 bits per heavy atom. The van der Waals surface area contributed by atoms with Crippen molar-refractivity contribution in [2.45, 2.75) is 13.0 Å². The highest BCUT2D eigenvalue weighted by Crippen LogP contribution is 2.09. The van der Waals surface area contributed by atoms with Gasteiger partial charge in [-0.25, -0.2) is 0 Å². The van der Waals surface area contributed by atoms with Crippen LogP contribution in [0.1, 0.15) is 11.1 Å². The maximum absolute atomic E-state index is 3.74. The summed E-state index contributed by atoms with van der Waals surface area (Å²) in [6.07, 6.45) is 6.88. The first-order valence-electron chi connectivity index (χ1n) is 5.41. The Morgan fingerprint density at radius 2 is 1.88 bits per heavy atom. The van der Waals surface area contributed by atoms with Crippen molar-refractivity contribution < 1.29 is 0 Å². The molecule has 0 bridgehead atoms. The smallest absolute Gasteiger partial charge is 0.0606 e. The number of hydrogen-bond acceptors (Lipinski definition) is 3. The van der Waals surface area contributed by atoms with Crippen LogP contribution < -0.4 is 5.53 Å². The van der Waals surface area contributed by atoms with Gasteiger partial charge in [-0.15, -0.1) is 12.1 Å². The Labute approximate surface area is 96.6 Å². The Kier molecular flexibility index (Phi) is 3.27. The third kappa shape index (κ3) is 2.64. The first-order valence-corrected chi connectivity index (χ1v) is 5.41. The van der Waals surface area contributed by atoms with Gasteiger partial charge in [0.15, 0.2) is 0 Å². The van der Waals surface area contributed by atoms with E-state index in [-0.39, 0.29) is 0 Å². The summed E-state index contributed by atoms with van der Waals surface area (Å²) in [7, 11) is 1.98. The Bertz CT molecular complexity index is 381. The number of hydrogen-bond donors (Lipinski definition) is 1. The molecule has 0 atom stereocenters. The van der Waals surface area contributed by atoms with E-state index in [0.717, 1.165) is 13.0 Å². The molecule has 1 aromatic rings. The van der Waals surface area contributed by atoms with E-state index in [1.54, 1.807) is 0 Å². The molecule has 0 radical (unpaired) electrons. The average Bonchev–Trinajstić information content (AvgIpc) is 2.67. The van der Waals surface area contributed by atoms with Crippen molar-refractivity contribution in [3.8, 4) is 0 Å². The summed E-state index contributed by atoms with van der Waals surface area (Å²) in [5.41, 5.74) is 5.78. The van der Waals surface area contributed by atoms with Gasteiger partial charge in [-0.3, -0.25) is 10.0 Å². The number of allylic oxidation sites excluding steroid dienone is 1. The van der Waals surface area contributed by atoms with E-state index in [4.69, 9.17) is 0 Å². The molecular formula is C13H17N3. The van der Waals surface area contributed by atoms with Gasteiger partial charge in [0.1, 0.15) is 0 Å². The topological polar surface area (TPSA) is 18.5 Å². The number of hydrazine groups is 2. The summed E-state index contributed by atoms with van der Waals surface area (Å²) in [5.74, 6) is 0. The van der Waals surface area contributed by atoms with Gasteiger partial charge in [-0.2, -0.15) is 0 Å². The molecule has 3 nitrogen and oxygen atoms in total. The molecule has 0 saturated carbocycles. The van der Waals surface area contributed by atoms with Gasteiger partial charge < -0.3 is 0 Å². The van der Waals surface area contributed by atoms with Crippen LogP contribution >= 0.6 is 0 Å². The molecule has 1 aromatic carbocycles. The molecule has 3 heteroatoms. The molecule has 0 aliphatic carbocycles. The van der Waals surface area contributed by atoms with Crippen LogP contribution in [0.25, 0.3) is 0 Å². The normalized spacial score (nSPS) is 14.6. The van der Waals surface area contributed by atoms with Crippen LogP contribution in [-0.2, 0) is 13.0 Å². The van der Waals surface area contributed by atoms with E-state index < -0.39 is 0 Å². The zero-order chi connectivity index (χ0) is 11.4. The molecule has 84 valence electrons. The van der Waals surface area contributed by atoms with Crippen molar-refractivity contribution in [1.29, 1.82) is 0 Å². The second-order valence-electron chi connectivity index (χ2n) is 3.95. The lowest BCUT2D eigenvalue weighted by Gasteiger charge is -2.19. The Morgan fingerprint density at radius 3 is 2.44 bits per heavy atom. The van der Waals surface area contributed by atoms with Crippen LogP contribution in [0.4, 0.5) is 0 Å². The molecule has 0 amide bonds. The summed E-state index contributed by atoms with van der Waals surface area (Å²) in [6, 6.07) is 8.63. The van der Waals surface area contributed by atoms with Gasteiger partial charge in [0, 0.05) is 19.4 Å². The van der Waals surface area contributed by atoms with Gasteiger partial charge in [0.05, 0.1) is 6.54 Å². The van der Waals surface area contributed by atoms with Gasteiger partial charge in [-0.1, -0.05) is 30.3 Å². The first kappa shape index (κ1) is 10.8. The Balaban J connectivity index is 1.95. The van der Waals surface area contributed by atoms with Crippen LogP contribution in [-0.4, -0.2) is 17.1 Å². The lowest BCUT2D eigenvalue weighted by molar-refractivity contribution is 0.155. The van der Waals surface area contributed by atoms with Crippen molar-refractivity contribution >= 4 is 0 Å². The molecule has 0 saturated heterocycles. The van der Waals surface area contributed by atoms with Crippen molar-refractivity contribution in [3.63, 3.8) is 0 Å². The zero-order valence-corrected chi connectivity index (χ0v) is 9.56. The Hall–Kier alpha value is -1.74. The summed E-state index contributed by atoms with van der Waals surface area (Å²) in [5, 5.41) is 3.97. The van der Waals surface area contributed by atoms with E-state index in [2.05, 4.69) is 36.4 Å². The molecule has 0 unspecified atom stereocenters. The first-order chi connectivity index (χ1) is 7.78. The van der Waals surface area contributed by atoms with E-state index in [9.17, 15) is 0 Å². The highest BCUT2D eigenvalue weighted by molar-refractivity contribution is 5.24. The largest absolute Gasteiger partial charge is 0.300 e. The maximum Gasteiger partial charge on any atom is 0.0606 e. The molecule has 0 fully saturated rings. The SMILES string of the molecule is C=CCc1ccc(CN2C=CN(C)N2)cc1. The third-order valence-electron chi connectivity index (χ3n) is 2.51. The van der Waals surface area contributed by atoms with Crippen molar-refractivity contribution in [2.24, 2.45) is 0 Å². The molecular weight excluding hydrogens is 198 g/mol. The standard InChI is InChI=1S/C13H17N3/c1-3-4-12-5-7-13(8-6-12)11-16-10-9-15(2)14-16/h3,5-10,14H,1,4,11H2,2H3. The van der Waals surface area contributed by atoms with Crippen LogP contribution in [0.2, 0.25) is 0 Å². The number of nitrogens with one attached hydrogen (secondary N) is 1. The van der Waals surface area contributed by atoms with Crippen LogP contribution in [0.15, 0.2) is 49.3 Å². The summed E-state index contributed by atoms with van der Waals surface area (Å²) >= 11 is 0. The minimum Gasteiger partial charge on any atom is -0.300 e. The van der Waals surface area contributed by atoms with E-state index in [1.165, 1.54) is 11.1 Å². The quantitative estimate of drug-likeness (QED) is 0.776. The summed E-state index contributed by atoms with van der Waals surface area (Å²) in [4.78, 5) is 0. The molecule has 16 heavy (non-hydrogen) atoms. The van der Waals surface area contributed by atoms with Crippen molar-refractivity contribution in [1.82, 2.24) is 15.6 Å². The minimum atomic E-state index is 0.870. The van der Waals surface area contributed by atoms with Gasteiger partial charge >= 0.3 is 0 Å².